The van der Waals surface area contributed by atoms with E-state index in [4.69, 9.17) is 10.9 Å². The Labute approximate surface area is 128 Å². The summed E-state index contributed by atoms with van der Waals surface area (Å²) in [5.74, 6) is -4.65. The van der Waals surface area contributed by atoms with Crippen LogP contribution in [0.5, 0.6) is 0 Å². The summed E-state index contributed by atoms with van der Waals surface area (Å²) in [6.07, 6.45) is 0.177. The number of nitrogens with two attached hydrogens (primary N) is 1. The number of rotatable bonds is 11. The van der Waals surface area contributed by atoms with Crippen molar-refractivity contribution in [2.75, 3.05) is 0 Å². The number of carbonyl (C=O) groups is 5. The highest BCUT2D eigenvalue weighted by molar-refractivity contribution is 6.36. The van der Waals surface area contributed by atoms with Crippen molar-refractivity contribution < 1.29 is 29.2 Å². The number of nitrogens with one attached hydrogen (secondary N) is 1. The molecule has 0 aliphatic carbocycles. The summed E-state index contributed by atoms with van der Waals surface area (Å²) < 4.78 is 0. The first-order valence-corrected chi connectivity index (χ1v) is 6.97. The molecule has 22 heavy (non-hydrogen) atoms. The van der Waals surface area contributed by atoms with Gasteiger partial charge in [-0.2, -0.15) is 0 Å². The first-order valence-electron chi connectivity index (χ1n) is 6.97. The minimum atomic E-state index is -1.24. The smallest absolute Gasteiger partial charge is 0.310 e. The van der Waals surface area contributed by atoms with Crippen LogP contribution in [-0.4, -0.2) is 34.4 Å². The number of hydroxylamine groups is 1. The lowest BCUT2D eigenvalue weighted by Gasteiger charge is -2.16. The number of ketones is 3. The Hall–Kier alpha value is -2.09. The van der Waals surface area contributed by atoms with Gasteiger partial charge in [0.2, 0.25) is 11.7 Å². The van der Waals surface area contributed by atoms with Crippen molar-refractivity contribution in [1.82, 2.24) is 5.48 Å². The molecule has 2 atom stereocenters. The van der Waals surface area contributed by atoms with E-state index in [0.717, 1.165) is 0 Å². The second-order valence-electron chi connectivity index (χ2n) is 5.32. The van der Waals surface area contributed by atoms with Gasteiger partial charge in [0, 0.05) is 31.1 Å². The Morgan fingerprint density at radius 3 is 2.14 bits per heavy atom. The molecule has 2 amide bonds. The van der Waals surface area contributed by atoms with Crippen LogP contribution in [0.3, 0.4) is 0 Å². The molecule has 0 spiro atoms. The standard InChI is InChI=1S/C14H22N2O6/c1-8(3-4-9(2)17)11(18)7-10(5-6-12(15)19)13(20)14(21)16-22/h8,10,22H,3-7H2,1-2H3,(H2,15,19)(H,16,21)/t8-,10+/m0/s1. The van der Waals surface area contributed by atoms with E-state index in [1.54, 1.807) is 6.92 Å². The van der Waals surface area contributed by atoms with Gasteiger partial charge >= 0.3 is 5.91 Å². The number of hydrogen-bond acceptors (Lipinski definition) is 6. The number of hydrogen-bond donors (Lipinski definition) is 3. The second kappa shape index (κ2) is 9.78. The van der Waals surface area contributed by atoms with Crippen molar-refractivity contribution in [1.29, 1.82) is 0 Å². The van der Waals surface area contributed by atoms with Gasteiger partial charge in [-0.3, -0.25) is 24.4 Å². The van der Waals surface area contributed by atoms with E-state index in [9.17, 15) is 24.0 Å². The Morgan fingerprint density at radius 2 is 1.68 bits per heavy atom. The number of amides is 2. The average Bonchev–Trinajstić information content (AvgIpc) is 2.46. The molecule has 0 rings (SSSR count). The number of Topliss-reactive ketones (excluding diaryl/α,β-unsaturated/α-hetero) is 3. The summed E-state index contributed by atoms with van der Waals surface area (Å²) in [6.45, 7) is 3.05. The lowest BCUT2D eigenvalue weighted by atomic mass is 9.87. The van der Waals surface area contributed by atoms with Gasteiger partial charge in [0.1, 0.15) is 11.6 Å². The van der Waals surface area contributed by atoms with Crippen molar-refractivity contribution in [3.05, 3.63) is 0 Å². The minimum Gasteiger partial charge on any atom is -0.370 e. The molecule has 0 aromatic carbocycles. The number of primary amides is 1. The van der Waals surface area contributed by atoms with E-state index in [1.807, 2.05) is 0 Å². The summed E-state index contributed by atoms with van der Waals surface area (Å²) in [6, 6.07) is 0. The summed E-state index contributed by atoms with van der Waals surface area (Å²) in [5.41, 5.74) is 6.21. The van der Waals surface area contributed by atoms with Gasteiger partial charge in [-0.25, -0.2) is 5.48 Å². The third-order valence-corrected chi connectivity index (χ3v) is 3.36. The highest BCUT2D eigenvalue weighted by Gasteiger charge is 2.29. The Morgan fingerprint density at radius 1 is 1.09 bits per heavy atom. The maximum Gasteiger partial charge on any atom is 0.310 e. The third kappa shape index (κ3) is 7.63. The summed E-state index contributed by atoms with van der Waals surface area (Å²) in [7, 11) is 0. The van der Waals surface area contributed by atoms with Crippen LogP contribution < -0.4 is 11.2 Å². The zero-order valence-electron chi connectivity index (χ0n) is 12.8. The highest BCUT2D eigenvalue weighted by atomic mass is 16.5. The van der Waals surface area contributed by atoms with Crippen molar-refractivity contribution in [3.63, 3.8) is 0 Å². The number of carbonyl (C=O) groups excluding carboxylic acids is 5. The first-order chi connectivity index (χ1) is 10.2. The average molecular weight is 314 g/mol. The van der Waals surface area contributed by atoms with Gasteiger partial charge < -0.3 is 10.5 Å². The monoisotopic (exact) mass is 314 g/mol. The molecular weight excluding hydrogens is 292 g/mol. The fourth-order valence-corrected chi connectivity index (χ4v) is 1.91. The second-order valence-corrected chi connectivity index (χ2v) is 5.32. The van der Waals surface area contributed by atoms with E-state index in [-0.39, 0.29) is 37.2 Å². The maximum atomic E-state index is 12.1. The van der Waals surface area contributed by atoms with Crippen LogP contribution >= 0.6 is 0 Å². The van der Waals surface area contributed by atoms with Crippen LogP contribution in [0.4, 0.5) is 0 Å². The lowest BCUT2D eigenvalue weighted by Crippen LogP contribution is -2.35. The SMILES string of the molecule is CC(=O)CC[C@H](C)C(=O)C[C@@H](CCC(N)=O)C(=O)C(=O)NO. The predicted molar refractivity (Wildman–Crippen MR) is 75.6 cm³/mol. The van der Waals surface area contributed by atoms with Crippen LogP contribution in [0, 0.1) is 11.8 Å². The van der Waals surface area contributed by atoms with Crippen LogP contribution in [-0.2, 0) is 24.0 Å². The zero-order chi connectivity index (χ0) is 17.3. The minimum absolute atomic E-state index is 0.0411. The quantitative estimate of drug-likeness (QED) is 0.276. The molecule has 8 nitrogen and oxygen atoms in total. The molecule has 0 bridgehead atoms. The summed E-state index contributed by atoms with van der Waals surface area (Å²) in [5, 5.41) is 8.49. The van der Waals surface area contributed by atoms with Crippen LogP contribution in [0.15, 0.2) is 0 Å². The Balaban J connectivity index is 4.77. The lowest BCUT2D eigenvalue weighted by molar-refractivity contribution is -0.146. The molecule has 0 radical (unpaired) electrons. The van der Waals surface area contributed by atoms with E-state index in [2.05, 4.69) is 0 Å². The maximum absolute atomic E-state index is 12.1. The van der Waals surface area contributed by atoms with Crippen LogP contribution in [0.25, 0.3) is 0 Å². The first kappa shape index (κ1) is 19.9. The predicted octanol–water partition coefficient (Wildman–Crippen LogP) is -0.0929. The van der Waals surface area contributed by atoms with E-state index >= 15 is 0 Å². The van der Waals surface area contributed by atoms with Gasteiger partial charge in [0.25, 0.3) is 0 Å². The molecule has 0 heterocycles. The van der Waals surface area contributed by atoms with Crippen LogP contribution in [0.1, 0.15) is 46.0 Å². The van der Waals surface area contributed by atoms with Gasteiger partial charge in [0.05, 0.1) is 0 Å². The topological polar surface area (TPSA) is 144 Å². The fraction of sp³-hybridized carbons (Fsp3) is 0.643. The molecule has 4 N–H and O–H groups in total. The molecule has 124 valence electrons. The third-order valence-electron chi connectivity index (χ3n) is 3.36. The molecule has 0 aliphatic rings. The molecule has 0 aromatic rings. The molecule has 0 aliphatic heterocycles. The molecule has 0 fully saturated rings. The van der Waals surface area contributed by atoms with Crippen LogP contribution in [0.2, 0.25) is 0 Å². The van der Waals surface area contributed by atoms with Gasteiger partial charge in [-0.15, -0.1) is 0 Å². The molecule has 0 aromatic heterocycles. The van der Waals surface area contributed by atoms with E-state index in [0.29, 0.717) is 6.42 Å². The summed E-state index contributed by atoms with van der Waals surface area (Å²) >= 11 is 0. The van der Waals surface area contributed by atoms with Gasteiger partial charge in [-0.05, 0) is 19.8 Å². The van der Waals surface area contributed by atoms with E-state index < -0.39 is 29.4 Å². The van der Waals surface area contributed by atoms with Crippen molar-refractivity contribution in [2.24, 2.45) is 17.6 Å². The largest absolute Gasteiger partial charge is 0.370 e. The van der Waals surface area contributed by atoms with Crippen molar-refractivity contribution in [2.45, 2.75) is 46.0 Å². The molecule has 0 unspecified atom stereocenters. The van der Waals surface area contributed by atoms with Gasteiger partial charge in [-0.1, -0.05) is 6.92 Å². The highest BCUT2D eigenvalue weighted by Crippen LogP contribution is 2.18. The molecule has 8 heteroatoms. The molecule has 0 saturated carbocycles. The van der Waals surface area contributed by atoms with Crippen molar-refractivity contribution >= 4 is 29.2 Å². The fourth-order valence-electron chi connectivity index (χ4n) is 1.91. The van der Waals surface area contributed by atoms with Gasteiger partial charge in [0.15, 0.2) is 0 Å². The molecular formula is C14H22N2O6. The van der Waals surface area contributed by atoms with E-state index in [1.165, 1.54) is 12.4 Å². The zero-order valence-corrected chi connectivity index (χ0v) is 12.8. The summed E-state index contributed by atoms with van der Waals surface area (Å²) in [4.78, 5) is 56.7. The Kier molecular flexibility index (Phi) is 8.85. The normalized spacial score (nSPS) is 13.0. The Bertz CT molecular complexity index is 460. The molecule has 0 saturated heterocycles. The van der Waals surface area contributed by atoms with Crippen molar-refractivity contribution in [3.8, 4) is 0 Å².